The van der Waals surface area contributed by atoms with Crippen molar-refractivity contribution in [2.75, 3.05) is 0 Å². The molecule has 10 aromatic rings. The summed E-state index contributed by atoms with van der Waals surface area (Å²) >= 11 is 0. The van der Waals surface area contributed by atoms with Crippen LogP contribution in [0.5, 0.6) is 0 Å². The van der Waals surface area contributed by atoms with Crippen molar-refractivity contribution in [3.63, 3.8) is 0 Å². The Labute approximate surface area is 278 Å². The van der Waals surface area contributed by atoms with Crippen molar-refractivity contribution < 1.29 is 0 Å². The molecule has 0 saturated heterocycles. The zero-order valence-corrected chi connectivity index (χ0v) is 26.2. The Morgan fingerprint density at radius 3 is 1.52 bits per heavy atom. The first kappa shape index (κ1) is 26.8. The van der Waals surface area contributed by atoms with Gasteiger partial charge in [0, 0.05) is 38.3 Å². The summed E-state index contributed by atoms with van der Waals surface area (Å²) in [6.45, 7) is 0. The van der Waals surface area contributed by atoms with E-state index in [4.69, 9.17) is 0 Å². The number of hydrogen-bond donors (Lipinski definition) is 1. The molecule has 1 N–H and O–H groups in total. The maximum Gasteiger partial charge on any atom is 0.0547 e. The largest absolute Gasteiger partial charge is 0.354 e. The summed E-state index contributed by atoms with van der Waals surface area (Å²) in [5.41, 5.74) is 13.2. The van der Waals surface area contributed by atoms with Gasteiger partial charge < -0.3 is 9.55 Å². The molecule has 0 aliphatic rings. The van der Waals surface area contributed by atoms with Crippen molar-refractivity contribution in [1.29, 1.82) is 0 Å². The minimum atomic E-state index is 1.16. The van der Waals surface area contributed by atoms with Crippen LogP contribution in [-0.2, 0) is 0 Å². The SMILES string of the molecule is c1ccc(-c2cccc(-n3c4ccc(-c5ccccc5)cc4c4c5ccc6[nH]c7ccc(-c8ccccc8)cc7c6c5ccc43)c2)cc1. The van der Waals surface area contributed by atoms with Crippen molar-refractivity contribution in [2.24, 2.45) is 0 Å². The van der Waals surface area contributed by atoms with E-state index in [0.29, 0.717) is 0 Å². The van der Waals surface area contributed by atoms with Crippen LogP contribution in [0.3, 0.4) is 0 Å². The maximum atomic E-state index is 3.71. The molecule has 0 atom stereocenters. The quantitative estimate of drug-likeness (QED) is 0.205. The third-order valence-corrected chi connectivity index (χ3v) is 9.91. The zero-order valence-electron chi connectivity index (χ0n) is 26.2. The molecule has 0 bridgehead atoms. The predicted molar refractivity (Wildman–Crippen MR) is 204 cm³/mol. The summed E-state index contributed by atoms with van der Waals surface area (Å²) in [5, 5.41) is 7.58. The van der Waals surface area contributed by atoms with Crippen molar-refractivity contribution >= 4 is 54.4 Å². The minimum absolute atomic E-state index is 1.16. The Hall–Kier alpha value is -6.38. The highest BCUT2D eigenvalue weighted by molar-refractivity contribution is 6.29. The van der Waals surface area contributed by atoms with Gasteiger partial charge in [-0.15, -0.1) is 0 Å². The van der Waals surface area contributed by atoms with E-state index >= 15 is 0 Å². The average molecular weight is 611 g/mol. The van der Waals surface area contributed by atoms with E-state index in [9.17, 15) is 0 Å². The Bertz CT molecular complexity index is 2810. The van der Waals surface area contributed by atoms with E-state index in [1.54, 1.807) is 0 Å². The van der Waals surface area contributed by atoms with Crippen molar-refractivity contribution in [3.8, 4) is 39.1 Å². The number of nitrogens with one attached hydrogen (secondary N) is 1. The van der Waals surface area contributed by atoms with Crippen LogP contribution in [-0.4, -0.2) is 9.55 Å². The molecule has 2 heterocycles. The molecule has 8 aromatic carbocycles. The lowest BCUT2D eigenvalue weighted by Gasteiger charge is -2.11. The third-order valence-electron chi connectivity index (χ3n) is 9.91. The van der Waals surface area contributed by atoms with E-state index in [1.165, 1.54) is 76.7 Å². The molecule has 0 aliphatic heterocycles. The lowest BCUT2D eigenvalue weighted by atomic mass is 9.97. The topological polar surface area (TPSA) is 20.7 Å². The molecule has 0 amide bonds. The molecule has 0 unspecified atom stereocenters. The van der Waals surface area contributed by atoms with Crippen LogP contribution in [0.1, 0.15) is 0 Å². The number of rotatable bonds is 4. The van der Waals surface area contributed by atoms with Gasteiger partial charge in [0.25, 0.3) is 0 Å². The van der Waals surface area contributed by atoms with Crippen LogP contribution in [0.25, 0.3) is 93.5 Å². The van der Waals surface area contributed by atoms with Gasteiger partial charge in [0.2, 0.25) is 0 Å². The highest BCUT2D eigenvalue weighted by Crippen LogP contribution is 2.42. The molecule has 0 aliphatic carbocycles. The summed E-state index contributed by atoms with van der Waals surface area (Å²) in [7, 11) is 0. The molecular formula is C46H30N2. The van der Waals surface area contributed by atoms with Gasteiger partial charge in [-0.1, -0.05) is 127 Å². The Morgan fingerprint density at radius 1 is 0.312 bits per heavy atom. The van der Waals surface area contributed by atoms with Crippen molar-refractivity contribution in [1.82, 2.24) is 9.55 Å². The molecular weight excluding hydrogens is 581 g/mol. The molecule has 2 nitrogen and oxygen atoms in total. The highest BCUT2D eigenvalue weighted by atomic mass is 15.0. The molecule has 0 fully saturated rings. The smallest absolute Gasteiger partial charge is 0.0547 e. The predicted octanol–water partition coefficient (Wildman–Crippen LogP) is 12.6. The average Bonchev–Trinajstić information content (AvgIpc) is 3.71. The molecule has 10 rings (SSSR count). The number of H-pyrrole nitrogens is 1. The third kappa shape index (κ3) is 4.13. The number of fused-ring (bicyclic) bond motifs is 9. The van der Waals surface area contributed by atoms with Gasteiger partial charge in [0.15, 0.2) is 0 Å². The molecule has 2 aromatic heterocycles. The summed E-state index contributed by atoms with van der Waals surface area (Å²) in [5.74, 6) is 0. The second kappa shape index (κ2) is 10.6. The van der Waals surface area contributed by atoms with Gasteiger partial charge >= 0.3 is 0 Å². The number of aromatic nitrogens is 2. The number of benzene rings is 8. The Morgan fingerprint density at radius 2 is 0.833 bits per heavy atom. The lowest BCUT2D eigenvalue weighted by molar-refractivity contribution is 1.18. The maximum absolute atomic E-state index is 3.71. The summed E-state index contributed by atoms with van der Waals surface area (Å²) in [6, 6.07) is 63.9. The molecule has 0 spiro atoms. The van der Waals surface area contributed by atoms with E-state index in [0.717, 1.165) is 16.7 Å². The van der Waals surface area contributed by atoms with Crippen molar-refractivity contribution in [2.45, 2.75) is 0 Å². The highest BCUT2D eigenvalue weighted by Gasteiger charge is 2.19. The second-order valence-corrected chi connectivity index (χ2v) is 12.6. The van der Waals surface area contributed by atoms with E-state index in [2.05, 4.69) is 185 Å². The van der Waals surface area contributed by atoms with Crippen LogP contribution in [0.4, 0.5) is 0 Å². The molecule has 0 radical (unpaired) electrons. The van der Waals surface area contributed by atoms with E-state index in [1.807, 2.05) is 0 Å². The normalized spacial score (nSPS) is 11.8. The van der Waals surface area contributed by atoms with E-state index < -0.39 is 0 Å². The number of hydrogen-bond acceptors (Lipinski definition) is 0. The fraction of sp³-hybridized carbons (Fsp3) is 0. The Balaban J connectivity index is 1.29. The number of nitrogens with zero attached hydrogens (tertiary/aromatic N) is 1. The molecule has 0 saturated carbocycles. The Kier molecular flexibility index (Phi) is 5.91. The summed E-state index contributed by atoms with van der Waals surface area (Å²) < 4.78 is 2.44. The fourth-order valence-electron chi connectivity index (χ4n) is 7.68. The summed E-state index contributed by atoms with van der Waals surface area (Å²) in [4.78, 5) is 3.71. The fourth-order valence-corrected chi connectivity index (χ4v) is 7.68. The second-order valence-electron chi connectivity index (χ2n) is 12.6. The first-order chi connectivity index (χ1) is 23.8. The zero-order chi connectivity index (χ0) is 31.6. The van der Waals surface area contributed by atoms with Crippen LogP contribution in [0, 0.1) is 0 Å². The van der Waals surface area contributed by atoms with Crippen LogP contribution in [0.2, 0.25) is 0 Å². The van der Waals surface area contributed by atoms with Crippen LogP contribution in [0.15, 0.2) is 176 Å². The van der Waals surface area contributed by atoms with Gasteiger partial charge in [-0.05, 0) is 92.7 Å². The van der Waals surface area contributed by atoms with Gasteiger partial charge in [-0.3, -0.25) is 0 Å². The standard InChI is InChI=1S/C46H30N2/c1-4-11-30(12-5-1)33-17-10-18-36(27-33)48-43-25-20-35(32-15-8-3-9-16-32)29-40(43)46-38-21-24-42-45(37(38)22-26-44(46)48)39-28-34(19-23-41(39)47-42)31-13-6-2-7-14-31/h1-29,47H. The van der Waals surface area contributed by atoms with E-state index in [-0.39, 0.29) is 0 Å². The minimum Gasteiger partial charge on any atom is -0.354 e. The first-order valence-electron chi connectivity index (χ1n) is 16.5. The summed E-state index contributed by atoms with van der Waals surface area (Å²) in [6.07, 6.45) is 0. The van der Waals surface area contributed by atoms with Gasteiger partial charge in [0.05, 0.1) is 11.0 Å². The number of aromatic amines is 1. The first-order valence-corrected chi connectivity index (χ1v) is 16.5. The van der Waals surface area contributed by atoms with Crippen LogP contribution < -0.4 is 0 Å². The molecule has 224 valence electrons. The monoisotopic (exact) mass is 610 g/mol. The van der Waals surface area contributed by atoms with Crippen LogP contribution >= 0.6 is 0 Å². The molecule has 2 heteroatoms. The lowest BCUT2D eigenvalue weighted by Crippen LogP contribution is -1.94. The van der Waals surface area contributed by atoms with Gasteiger partial charge in [-0.2, -0.15) is 0 Å². The molecule has 48 heavy (non-hydrogen) atoms. The van der Waals surface area contributed by atoms with Gasteiger partial charge in [0.1, 0.15) is 0 Å². The van der Waals surface area contributed by atoms with Gasteiger partial charge in [-0.25, -0.2) is 0 Å². The van der Waals surface area contributed by atoms with Crippen molar-refractivity contribution in [3.05, 3.63) is 176 Å².